The quantitative estimate of drug-likeness (QED) is 0.813. The molecule has 0 saturated heterocycles. The molecule has 0 amide bonds. The number of benzene rings is 2. The van der Waals surface area contributed by atoms with Crippen molar-refractivity contribution < 1.29 is 4.79 Å². The Kier molecular flexibility index (Phi) is 4.57. The summed E-state index contributed by atoms with van der Waals surface area (Å²) in [5, 5.41) is 3.31. The van der Waals surface area contributed by atoms with Crippen molar-refractivity contribution in [2.45, 2.75) is 26.7 Å². The Morgan fingerprint density at radius 1 is 1.05 bits per heavy atom. The minimum absolute atomic E-state index is 0.114. The van der Waals surface area contributed by atoms with Gasteiger partial charge in [0.05, 0.1) is 6.54 Å². The first-order chi connectivity index (χ1) is 9.59. The van der Waals surface area contributed by atoms with E-state index in [1.807, 2.05) is 30.3 Å². The summed E-state index contributed by atoms with van der Waals surface area (Å²) in [7, 11) is 0. The van der Waals surface area contributed by atoms with Crippen LogP contribution in [-0.4, -0.2) is 12.3 Å². The zero-order chi connectivity index (χ0) is 14.5. The molecule has 2 nitrogen and oxygen atoms in total. The van der Waals surface area contributed by atoms with Gasteiger partial charge < -0.3 is 5.32 Å². The van der Waals surface area contributed by atoms with Gasteiger partial charge in [-0.25, -0.2) is 0 Å². The first-order valence-electron chi connectivity index (χ1n) is 7.01. The number of anilines is 1. The predicted molar refractivity (Wildman–Crippen MR) is 84.5 cm³/mol. The molecule has 0 aliphatic carbocycles. The molecule has 0 radical (unpaired) electrons. The smallest absolute Gasteiger partial charge is 0.181 e. The van der Waals surface area contributed by atoms with E-state index in [2.05, 4.69) is 44.3 Å². The van der Waals surface area contributed by atoms with E-state index in [4.69, 9.17) is 0 Å². The summed E-state index contributed by atoms with van der Waals surface area (Å²) in [6.07, 6.45) is 0. The normalized spacial score (nSPS) is 10.6. The van der Waals surface area contributed by atoms with E-state index in [1.54, 1.807) is 0 Å². The molecule has 2 heteroatoms. The highest BCUT2D eigenvalue weighted by Crippen LogP contribution is 2.27. The Morgan fingerprint density at radius 2 is 1.75 bits per heavy atom. The molecule has 2 rings (SSSR count). The summed E-state index contributed by atoms with van der Waals surface area (Å²) in [5.41, 5.74) is 4.27. The minimum Gasteiger partial charge on any atom is -0.377 e. The number of rotatable bonds is 5. The highest BCUT2D eigenvalue weighted by molar-refractivity contribution is 5.99. The maximum atomic E-state index is 12.1. The van der Waals surface area contributed by atoms with Gasteiger partial charge in [0.2, 0.25) is 0 Å². The summed E-state index contributed by atoms with van der Waals surface area (Å²) in [4.78, 5) is 12.1. The van der Waals surface area contributed by atoms with Gasteiger partial charge in [-0.2, -0.15) is 0 Å². The van der Waals surface area contributed by atoms with Gasteiger partial charge in [0.1, 0.15) is 0 Å². The van der Waals surface area contributed by atoms with Crippen LogP contribution in [0.15, 0.2) is 48.5 Å². The molecule has 0 saturated carbocycles. The molecule has 1 N–H and O–H groups in total. The number of aryl methyl sites for hydroxylation is 1. The molecule has 0 spiro atoms. The maximum Gasteiger partial charge on any atom is 0.181 e. The molecule has 0 bridgehead atoms. The van der Waals surface area contributed by atoms with Crippen molar-refractivity contribution in [2.75, 3.05) is 11.9 Å². The molecule has 0 aliphatic rings. The summed E-state index contributed by atoms with van der Waals surface area (Å²) in [6, 6.07) is 15.7. The molecular weight excluding hydrogens is 246 g/mol. The summed E-state index contributed by atoms with van der Waals surface area (Å²) in [6.45, 7) is 6.73. The average molecular weight is 267 g/mol. The van der Waals surface area contributed by atoms with Gasteiger partial charge in [0.15, 0.2) is 5.78 Å². The number of carbonyl (C=O) groups is 1. The molecule has 0 atom stereocenters. The van der Waals surface area contributed by atoms with Gasteiger partial charge >= 0.3 is 0 Å². The van der Waals surface area contributed by atoms with E-state index < -0.39 is 0 Å². The van der Waals surface area contributed by atoms with Crippen LogP contribution in [0.5, 0.6) is 0 Å². The van der Waals surface area contributed by atoms with Crippen LogP contribution in [0.3, 0.4) is 0 Å². The van der Waals surface area contributed by atoms with Crippen molar-refractivity contribution in [1.82, 2.24) is 0 Å². The van der Waals surface area contributed by atoms with Crippen molar-refractivity contribution in [3.05, 3.63) is 65.2 Å². The average Bonchev–Trinajstić information content (AvgIpc) is 2.46. The Morgan fingerprint density at radius 3 is 2.40 bits per heavy atom. The molecule has 0 heterocycles. The number of Topliss-reactive ketones (excluding diaryl/α,β-unsaturated/α-hetero) is 1. The zero-order valence-electron chi connectivity index (χ0n) is 12.3. The van der Waals surface area contributed by atoms with Gasteiger partial charge in [-0.05, 0) is 24.0 Å². The lowest BCUT2D eigenvalue weighted by atomic mass is 9.98. The topological polar surface area (TPSA) is 29.1 Å². The van der Waals surface area contributed by atoms with Crippen molar-refractivity contribution in [2.24, 2.45) is 0 Å². The second kappa shape index (κ2) is 6.38. The van der Waals surface area contributed by atoms with Crippen molar-refractivity contribution in [3.63, 3.8) is 0 Å². The van der Waals surface area contributed by atoms with E-state index in [9.17, 15) is 4.79 Å². The lowest BCUT2D eigenvalue weighted by Gasteiger charge is -2.17. The van der Waals surface area contributed by atoms with Gasteiger partial charge in [0.25, 0.3) is 0 Å². The summed E-state index contributed by atoms with van der Waals surface area (Å²) >= 11 is 0. The SMILES string of the molecule is Cc1cccc(C(C)C)c1NCC(=O)c1ccccc1. The van der Waals surface area contributed by atoms with E-state index in [0.717, 1.165) is 11.3 Å². The number of ketones is 1. The van der Waals surface area contributed by atoms with Crippen molar-refractivity contribution >= 4 is 11.5 Å². The monoisotopic (exact) mass is 267 g/mol. The number of hydrogen-bond donors (Lipinski definition) is 1. The Labute approximate surface area is 120 Å². The second-order valence-electron chi connectivity index (χ2n) is 5.34. The standard InChI is InChI=1S/C18H21NO/c1-13(2)16-11-7-8-14(3)18(16)19-12-17(20)15-9-5-4-6-10-15/h4-11,13,19H,12H2,1-3H3. The lowest BCUT2D eigenvalue weighted by molar-refractivity contribution is 0.101. The minimum atomic E-state index is 0.114. The summed E-state index contributed by atoms with van der Waals surface area (Å²) < 4.78 is 0. The van der Waals surface area contributed by atoms with E-state index in [0.29, 0.717) is 12.5 Å². The number of nitrogens with one attached hydrogen (secondary N) is 1. The fraction of sp³-hybridized carbons (Fsp3) is 0.278. The third-order valence-corrected chi connectivity index (χ3v) is 3.45. The Hall–Kier alpha value is -2.09. The predicted octanol–water partition coefficient (Wildman–Crippen LogP) is 4.41. The van der Waals surface area contributed by atoms with Crippen LogP contribution < -0.4 is 5.32 Å². The van der Waals surface area contributed by atoms with Gasteiger partial charge in [-0.3, -0.25) is 4.79 Å². The van der Waals surface area contributed by atoms with E-state index in [1.165, 1.54) is 11.1 Å². The molecule has 20 heavy (non-hydrogen) atoms. The lowest BCUT2D eigenvalue weighted by Crippen LogP contribution is -2.16. The molecule has 0 unspecified atom stereocenters. The third-order valence-electron chi connectivity index (χ3n) is 3.45. The zero-order valence-corrected chi connectivity index (χ0v) is 12.3. The van der Waals surface area contributed by atoms with Crippen LogP contribution in [-0.2, 0) is 0 Å². The fourth-order valence-electron chi connectivity index (χ4n) is 2.31. The molecule has 104 valence electrons. The number of para-hydroxylation sites is 1. The van der Waals surface area contributed by atoms with Crippen LogP contribution in [0, 0.1) is 6.92 Å². The van der Waals surface area contributed by atoms with Gasteiger partial charge in [-0.1, -0.05) is 62.4 Å². The van der Waals surface area contributed by atoms with Crippen LogP contribution in [0.1, 0.15) is 41.3 Å². The van der Waals surface area contributed by atoms with Crippen LogP contribution >= 0.6 is 0 Å². The van der Waals surface area contributed by atoms with Crippen molar-refractivity contribution in [1.29, 1.82) is 0 Å². The number of carbonyl (C=O) groups excluding carboxylic acids is 1. The van der Waals surface area contributed by atoms with Crippen LogP contribution in [0.25, 0.3) is 0 Å². The first kappa shape index (κ1) is 14.3. The molecule has 2 aromatic rings. The van der Waals surface area contributed by atoms with E-state index >= 15 is 0 Å². The Balaban J connectivity index is 2.14. The van der Waals surface area contributed by atoms with Gasteiger partial charge in [-0.15, -0.1) is 0 Å². The van der Waals surface area contributed by atoms with Gasteiger partial charge in [0, 0.05) is 11.3 Å². The molecule has 0 aromatic heterocycles. The largest absolute Gasteiger partial charge is 0.377 e. The maximum absolute atomic E-state index is 12.1. The fourth-order valence-corrected chi connectivity index (χ4v) is 2.31. The second-order valence-corrected chi connectivity index (χ2v) is 5.34. The Bertz CT molecular complexity index is 588. The van der Waals surface area contributed by atoms with Crippen LogP contribution in [0.2, 0.25) is 0 Å². The first-order valence-corrected chi connectivity index (χ1v) is 7.01. The van der Waals surface area contributed by atoms with Crippen molar-refractivity contribution in [3.8, 4) is 0 Å². The molecular formula is C18H21NO. The molecule has 0 aliphatic heterocycles. The third kappa shape index (κ3) is 3.27. The van der Waals surface area contributed by atoms with Crippen LogP contribution in [0.4, 0.5) is 5.69 Å². The summed E-state index contributed by atoms with van der Waals surface area (Å²) in [5.74, 6) is 0.549. The van der Waals surface area contributed by atoms with E-state index in [-0.39, 0.29) is 5.78 Å². The molecule has 0 fully saturated rings. The highest BCUT2D eigenvalue weighted by atomic mass is 16.1. The number of hydrogen-bond acceptors (Lipinski definition) is 2. The highest BCUT2D eigenvalue weighted by Gasteiger charge is 2.11. The molecule has 2 aromatic carbocycles.